The van der Waals surface area contributed by atoms with Crippen LogP contribution in [0.15, 0.2) is 12.2 Å². The summed E-state index contributed by atoms with van der Waals surface area (Å²) in [5.41, 5.74) is -1.25. The molecule has 0 radical (unpaired) electrons. The Balaban J connectivity index is 1.36. The summed E-state index contributed by atoms with van der Waals surface area (Å²) in [5, 5.41) is 0. The SMILES string of the molecule is COC(=O)C1(C(=O)OC)C(COCOC2CCCCC2)C2CC1C1C3C=CC(C3)C21. The zero-order valence-corrected chi connectivity index (χ0v) is 18.1. The van der Waals surface area contributed by atoms with Crippen molar-refractivity contribution in [1.29, 1.82) is 0 Å². The number of hydrogen-bond acceptors (Lipinski definition) is 6. The van der Waals surface area contributed by atoms with Crippen LogP contribution in [-0.2, 0) is 28.5 Å². The van der Waals surface area contributed by atoms with E-state index in [1.165, 1.54) is 33.5 Å². The molecule has 6 nitrogen and oxygen atoms in total. The lowest BCUT2D eigenvalue weighted by molar-refractivity contribution is -0.189. The smallest absolute Gasteiger partial charge is 0.323 e. The van der Waals surface area contributed by atoms with E-state index in [9.17, 15) is 9.59 Å². The van der Waals surface area contributed by atoms with Crippen LogP contribution in [0.2, 0.25) is 0 Å². The molecule has 5 aliphatic rings. The van der Waals surface area contributed by atoms with Crippen LogP contribution in [0.4, 0.5) is 0 Å². The Morgan fingerprint density at radius 1 is 0.933 bits per heavy atom. The summed E-state index contributed by atoms with van der Waals surface area (Å²) in [7, 11) is 2.75. The van der Waals surface area contributed by atoms with E-state index in [4.69, 9.17) is 18.9 Å². The number of methoxy groups -OCH3 is 2. The van der Waals surface area contributed by atoms with E-state index in [2.05, 4.69) is 12.2 Å². The summed E-state index contributed by atoms with van der Waals surface area (Å²) in [5.74, 6) is 1.10. The van der Waals surface area contributed by atoms with Crippen molar-refractivity contribution in [2.75, 3.05) is 27.6 Å². The number of rotatable bonds is 7. The first-order chi connectivity index (χ1) is 14.6. The predicted octanol–water partition coefficient (Wildman–Crippen LogP) is 3.35. The van der Waals surface area contributed by atoms with Crippen molar-refractivity contribution in [1.82, 2.24) is 0 Å². The summed E-state index contributed by atoms with van der Waals surface area (Å²) in [6.07, 6.45) is 12.8. The summed E-state index contributed by atoms with van der Waals surface area (Å²) in [4.78, 5) is 26.4. The van der Waals surface area contributed by atoms with Gasteiger partial charge in [0.25, 0.3) is 0 Å². The fourth-order valence-corrected chi connectivity index (χ4v) is 8.04. The Morgan fingerprint density at radius 3 is 2.27 bits per heavy atom. The quantitative estimate of drug-likeness (QED) is 0.158. The first kappa shape index (κ1) is 20.5. The third-order valence-electron chi connectivity index (χ3n) is 9.04. The van der Waals surface area contributed by atoms with Gasteiger partial charge in [-0.1, -0.05) is 31.4 Å². The van der Waals surface area contributed by atoms with E-state index in [0.29, 0.717) is 30.3 Å². The standard InChI is InChI=1S/C24H34O6/c1-27-22(25)24(23(26)28-2)18-11-17(20-14-8-9-15(10-14)21(18)20)19(24)12-29-13-30-16-6-4-3-5-7-16/h8-9,14-21H,3-7,10-13H2,1-2H3. The fraction of sp³-hybridized carbons (Fsp3) is 0.833. The highest BCUT2D eigenvalue weighted by atomic mass is 16.7. The molecule has 0 spiro atoms. The minimum atomic E-state index is -1.25. The van der Waals surface area contributed by atoms with E-state index < -0.39 is 17.4 Å². The first-order valence-electron chi connectivity index (χ1n) is 11.7. The summed E-state index contributed by atoms with van der Waals surface area (Å²) < 4.78 is 22.4. The van der Waals surface area contributed by atoms with Gasteiger partial charge in [-0.3, -0.25) is 9.59 Å². The molecular weight excluding hydrogens is 384 g/mol. The number of hydrogen-bond donors (Lipinski definition) is 0. The topological polar surface area (TPSA) is 71.1 Å². The summed E-state index contributed by atoms with van der Waals surface area (Å²) in [6, 6.07) is 0. The molecule has 7 unspecified atom stereocenters. The minimum absolute atomic E-state index is 0.0276. The maximum atomic E-state index is 13.2. The van der Waals surface area contributed by atoms with Gasteiger partial charge in [-0.2, -0.15) is 0 Å². The number of carbonyl (C=O) groups is 2. The van der Waals surface area contributed by atoms with Crippen molar-refractivity contribution in [3.05, 3.63) is 12.2 Å². The number of fused-ring (bicyclic) bond motifs is 9. The van der Waals surface area contributed by atoms with E-state index >= 15 is 0 Å². The second kappa shape index (κ2) is 7.94. The van der Waals surface area contributed by atoms with E-state index in [1.807, 2.05) is 0 Å². The average Bonchev–Trinajstić information content (AvgIpc) is 3.55. The molecule has 0 aromatic rings. The van der Waals surface area contributed by atoms with Gasteiger partial charge in [0.15, 0.2) is 5.41 Å². The van der Waals surface area contributed by atoms with Gasteiger partial charge in [-0.25, -0.2) is 0 Å². The van der Waals surface area contributed by atoms with Crippen LogP contribution in [0.5, 0.6) is 0 Å². The number of ether oxygens (including phenoxy) is 4. The van der Waals surface area contributed by atoms with Crippen molar-refractivity contribution in [3.8, 4) is 0 Å². The fourth-order valence-electron chi connectivity index (χ4n) is 8.04. The zero-order valence-electron chi connectivity index (χ0n) is 18.1. The second-order valence-corrected chi connectivity index (χ2v) is 9.98. The van der Waals surface area contributed by atoms with E-state index in [0.717, 1.165) is 25.7 Å². The predicted molar refractivity (Wildman–Crippen MR) is 108 cm³/mol. The molecule has 0 aromatic heterocycles. The van der Waals surface area contributed by atoms with Crippen LogP contribution in [0.1, 0.15) is 44.9 Å². The largest absolute Gasteiger partial charge is 0.468 e. The molecule has 30 heavy (non-hydrogen) atoms. The highest BCUT2D eigenvalue weighted by Crippen LogP contribution is 2.72. The summed E-state index contributed by atoms with van der Waals surface area (Å²) in [6.45, 7) is 0.555. The monoisotopic (exact) mass is 418 g/mol. The molecule has 6 heteroatoms. The van der Waals surface area contributed by atoms with Gasteiger partial charge in [0.1, 0.15) is 6.79 Å². The number of esters is 2. The van der Waals surface area contributed by atoms with Crippen LogP contribution in [0, 0.1) is 46.8 Å². The molecule has 7 atom stereocenters. The number of carbonyl (C=O) groups excluding carboxylic acids is 2. The van der Waals surface area contributed by atoms with Crippen molar-refractivity contribution < 1.29 is 28.5 Å². The van der Waals surface area contributed by atoms with Gasteiger partial charge in [-0.05, 0) is 61.2 Å². The van der Waals surface area contributed by atoms with Gasteiger partial charge in [0.05, 0.1) is 26.9 Å². The molecule has 0 aromatic carbocycles. The Labute approximate surface area is 178 Å². The molecule has 0 saturated heterocycles. The molecule has 0 N–H and O–H groups in total. The Morgan fingerprint density at radius 2 is 1.60 bits per heavy atom. The lowest BCUT2D eigenvalue weighted by Crippen LogP contribution is -2.57. The van der Waals surface area contributed by atoms with E-state index in [-0.39, 0.29) is 30.7 Å². The average molecular weight is 419 g/mol. The third kappa shape index (κ3) is 2.82. The minimum Gasteiger partial charge on any atom is -0.468 e. The van der Waals surface area contributed by atoms with Crippen molar-refractivity contribution >= 4 is 11.9 Å². The highest BCUT2D eigenvalue weighted by Gasteiger charge is 2.76. The molecule has 166 valence electrons. The first-order valence-corrected chi connectivity index (χ1v) is 11.7. The highest BCUT2D eigenvalue weighted by molar-refractivity contribution is 6.01. The van der Waals surface area contributed by atoms with Crippen LogP contribution in [0.3, 0.4) is 0 Å². The van der Waals surface area contributed by atoms with Crippen LogP contribution in [-0.4, -0.2) is 45.7 Å². The molecule has 0 amide bonds. The van der Waals surface area contributed by atoms with Gasteiger partial charge in [-0.15, -0.1) is 0 Å². The van der Waals surface area contributed by atoms with Crippen molar-refractivity contribution in [2.45, 2.75) is 51.0 Å². The molecule has 0 aliphatic heterocycles. The molecule has 4 fully saturated rings. The van der Waals surface area contributed by atoms with Gasteiger partial charge >= 0.3 is 11.9 Å². The lowest BCUT2D eigenvalue weighted by Gasteiger charge is -2.46. The Kier molecular flexibility index (Phi) is 5.42. The van der Waals surface area contributed by atoms with Crippen LogP contribution < -0.4 is 0 Å². The Bertz CT molecular complexity index is 694. The zero-order chi connectivity index (χ0) is 20.9. The van der Waals surface area contributed by atoms with Crippen molar-refractivity contribution in [3.63, 3.8) is 0 Å². The number of allylic oxidation sites excluding steroid dienone is 2. The maximum absolute atomic E-state index is 13.2. The van der Waals surface area contributed by atoms with Gasteiger partial charge < -0.3 is 18.9 Å². The maximum Gasteiger partial charge on any atom is 0.323 e. The third-order valence-corrected chi connectivity index (χ3v) is 9.04. The van der Waals surface area contributed by atoms with Crippen LogP contribution in [0.25, 0.3) is 0 Å². The van der Waals surface area contributed by atoms with E-state index in [1.54, 1.807) is 0 Å². The second-order valence-electron chi connectivity index (χ2n) is 9.98. The molecule has 5 aliphatic carbocycles. The molecular formula is C24H34O6. The molecule has 4 saturated carbocycles. The molecule has 4 bridgehead atoms. The van der Waals surface area contributed by atoms with Crippen LogP contribution >= 0.6 is 0 Å². The van der Waals surface area contributed by atoms with Crippen molar-refractivity contribution in [2.24, 2.45) is 46.8 Å². The normalized spacial score (nSPS) is 40.5. The molecule has 5 rings (SSSR count). The molecule has 0 heterocycles. The summed E-state index contributed by atoms with van der Waals surface area (Å²) >= 11 is 0. The Hall–Kier alpha value is -1.40. The lowest BCUT2D eigenvalue weighted by atomic mass is 9.57. The van der Waals surface area contributed by atoms with Gasteiger partial charge in [0, 0.05) is 5.92 Å². The van der Waals surface area contributed by atoms with Gasteiger partial charge in [0.2, 0.25) is 0 Å².